The second kappa shape index (κ2) is 13.7. The summed E-state index contributed by atoms with van der Waals surface area (Å²) in [6.07, 6.45) is 0. The molecule has 3 aromatic carbocycles. The fourth-order valence-corrected chi connectivity index (χ4v) is 6.05. The van der Waals surface area contributed by atoms with Crippen molar-refractivity contribution in [2.45, 2.75) is 45.2 Å². The Hall–Kier alpha value is -3.76. The summed E-state index contributed by atoms with van der Waals surface area (Å²) in [7, 11) is -1.42. The zero-order valence-electron chi connectivity index (χ0n) is 24.1. The average Bonchev–Trinajstić information content (AvgIpc) is 2.94. The smallest absolute Gasteiger partial charge is 0.264 e. The Bertz CT molecular complexity index is 1490. The average molecular weight is 602 g/mol. The summed E-state index contributed by atoms with van der Waals surface area (Å²) in [5.41, 5.74) is 2.58. The van der Waals surface area contributed by atoms with Crippen molar-refractivity contribution in [1.29, 1.82) is 0 Å². The molecular weight excluding hydrogens is 566 g/mol. The molecule has 0 aliphatic rings. The van der Waals surface area contributed by atoms with Crippen molar-refractivity contribution < 1.29 is 27.5 Å². The molecule has 1 unspecified atom stereocenters. The zero-order valence-corrected chi connectivity index (χ0v) is 25.7. The summed E-state index contributed by atoms with van der Waals surface area (Å²) >= 11 is 6.39. The number of ether oxygens (including phenoxy) is 2. The van der Waals surface area contributed by atoms with Gasteiger partial charge in [-0.3, -0.25) is 13.9 Å². The molecule has 9 nitrogen and oxygen atoms in total. The topological polar surface area (TPSA) is 105 Å². The van der Waals surface area contributed by atoms with Crippen molar-refractivity contribution in [3.8, 4) is 11.5 Å². The number of benzene rings is 3. The number of anilines is 1. The fourth-order valence-electron chi connectivity index (χ4n) is 4.44. The number of amides is 2. The van der Waals surface area contributed by atoms with Gasteiger partial charge in [0.1, 0.15) is 12.6 Å². The van der Waals surface area contributed by atoms with Crippen molar-refractivity contribution in [3.63, 3.8) is 0 Å². The minimum atomic E-state index is -4.29. The van der Waals surface area contributed by atoms with Gasteiger partial charge in [0.2, 0.25) is 11.8 Å². The summed E-state index contributed by atoms with van der Waals surface area (Å²) in [6, 6.07) is 15.7. The lowest BCUT2D eigenvalue weighted by molar-refractivity contribution is -0.139. The first-order valence-corrected chi connectivity index (χ1v) is 14.9. The molecule has 0 bridgehead atoms. The van der Waals surface area contributed by atoms with Crippen LogP contribution < -0.4 is 19.1 Å². The number of carbonyl (C=O) groups is 2. The number of nitrogens with zero attached hydrogens (tertiary/aromatic N) is 2. The highest BCUT2D eigenvalue weighted by molar-refractivity contribution is 7.92. The van der Waals surface area contributed by atoms with Gasteiger partial charge in [-0.1, -0.05) is 35.9 Å². The summed E-state index contributed by atoms with van der Waals surface area (Å²) in [6.45, 7) is 6.90. The van der Waals surface area contributed by atoms with E-state index >= 15 is 0 Å². The first-order valence-electron chi connectivity index (χ1n) is 13.1. The first kappa shape index (κ1) is 31.8. The Labute approximate surface area is 247 Å². The van der Waals surface area contributed by atoms with Gasteiger partial charge in [0.05, 0.1) is 24.8 Å². The Morgan fingerprint density at radius 3 is 2.17 bits per heavy atom. The van der Waals surface area contributed by atoms with Crippen LogP contribution in [0.3, 0.4) is 0 Å². The van der Waals surface area contributed by atoms with E-state index in [-0.39, 0.29) is 23.1 Å². The molecule has 0 radical (unpaired) electrons. The second-order valence-electron chi connectivity index (χ2n) is 9.56. The lowest BCUT2D eigenvalue weighted by Gasteiger charge is -2.32. The molecule has 3 aromatic rings. The van der Waals surface area contributed by atoms with Gasteiger partial charge in [-0.25, -0.2) is 8.42 Å². The number of hydrogen-bond donors (Lipinski definition) is 1. The molecule has 1 N–H and O–H groups in total. The van der Waals surface area contributed by atoms with Crippen molar-refractivity contribution in [1.82, 2.24) is 10.2 Å². The molecule has 0 aliphatic carbocycles. The van der Waals surface area contributed by atoms with Gasteiger partial charge in [0.15, 0.2) is 11.5 Å². The molecule has 0 aliphatic heterocycles. The third kappa shape index (κ3) is 7.51. The summed E-state index contributed by atoms with van der Waals surface area (Å²) < 4.78 is 40.0. The van der Waals surface area contributed by atoms with Crippen molar-refractivity contribution >= 4 is 39.1 Å². The van der Waals surface area contributed by atoms with Crippen LogP contribution >= 0.6 is 11.6 Å². The van der Waals surface area contributed by atoms with Crippen LogP contribution in [0.5, 0.6) is 11.5 Å². The summed E-state index contributed by atoms with van der Waals surface area (Å²) in [4.78, 5) is 28.1. The summed E-state index contributed by atoms with van der Waals surface area (Å²) in [5.74, 6) is -0.354. The molecule has 0 spiro atoms. The molecule has 0 saturated carbocycles. The SMILES string of the molecule is CCNC(=O)C(C)N(Cc1ccccc1Cl)C(=O)CN(c1cc(C)cc(C)c1)S(=O)(=O)c1ccc(OC)c(OC)c1. The standard InChI is InChI=1S/C30H36ClN3O6S/c1-7-32-30(36)22(4)33(18-23-10-8-9-11-26(23)31)29(35)19-34(24-15-20(2)14-21(3)16-24)41(37,38)25-12-13-27(39-5)28(17-25)40-6/h8-17,22H,7,18-19H2,1-6H3,(H,32,36). The molecule has 3 rings (SSSR count). The lowest BCUT2D eigenvalue weighted by atomic mass is 10.1. The third-order valence-corrected chi connectivity index (χ3v) is 8.67. The highest BCUT2D eigenvalue weighted by Crippen LogP contribution is 2.33. The lowest BCUT2D eigenvalue weighted by Crippen LogP contribution is -2.51. The van der Waals surface area contributed by atoms with E-state index in [0.29, 0.717) is 28.6 Å². The predicted octanol–water partition coefficient (Wildman–Crippen LogP) is 4.72. The number of aryl methyl sites for hydroxylation is 2. The molecule has 0 heterocycles. The highest BCUT2D eigenvalue weighted by atomic mass is 35.5. The van der Waals surface area contributed by atoms with Crippen LogP contribution in [0.25, 0.3) is 0 Å². The number of methoxy groups -OCH3 is 2. The van der Waals surface area contributed by atoms with Crippen molar-refractivity contribution in [3.05, 3.63) is 82.4 Å². The molecule has 0 fully saturated rings. The Morgan fingerprint density at radius 2 is 1.59 bits per heavy atom. The van der Waals surface area contributed by atoms with Gasteiger partial charge in [-0.05, 0) is 74.7 Å². The number of sulfonamides is 1. The monoisotopic (exact) mass is 601 g/mol. The van der Waals surface area contributed by atoms with E-state index in [1.54, 1.807) is 50.2 Å². The van der Waals surface area contributed by atoms with Crippen LogP contribution in [0.1, 0.15) is 30.5 Å². The second-order valence-corrected chi connectivity index (χ2v) is 11.8. The van der Waals surface area contributed by atoms with Gasteiger partial charge in [-0.15, -0.1) is 0 Å². The van der Waals surface area contributed by atoms with Crippen molar-refractivity contribution in [2.24, 2.45) is 0 Å². The number of carbonyl (C=O) groups excluding carboxylic acids is 2. The largest absolute Gasteiger partial charge is 0.493 e. The van der Waals surface area contributed by atoms with E-state index < -0.39 is 28.5 Å². The molecule has 0 saturated heterocycles. The molecule has 0 aromatic heterocycles. The maximum absolute atomic E-state index is 14.2. The number of hydrogen-bond acceptors (Lipinski definition) is 6. The Balaban J connectivity index is 2.12. The van der Waals surface area contributed by atoms with Crippen LogP contribution in [0.4, 0.5) is 5.69 Å². The Morgan fingerprint density at radius 1 is 0.951 bits per heavy atom. The number of halogens is 1. The quantitative estimate of drug-likeness (QED) is 0.322. The van der Waals surface area contributed by atoms with E-state index in [0.717, 1.165) is 15.4 Å². The molecule has 220 valence electrons. The minimum absolute atomic E-state index is 0.00784. The number of nitrogens with one attached hydrogen (secondary N) is 1. The van der Waals surface area contributed by atoms with E-state index in [9.17, 15) is 18.0 Å². The molecule has 2 amide bonds. The molecule has 1 atom stereocenters. The number of rotatable bonds is 12. The van der Waals surface area contributed by atoms with E-state index in [4.69, 9.17) is 21.1 Å². The highest BCUT2D eigenvalue weighted by Gasteiger charge is 2.33. The van der Waals surface area contributed by atoms with Gasteiger partial charge in [0.25, 0.3) is 10.0 Å². The fraction of sp³-hybridized carbons (Fsp3) is 0.333. The zero-order chi connectivity index (χ0) is 30.3. The predicted molar refractivity (Wildman–Crippen MR) is 160 cm³/mol. The van der Waals surface area contributed by atoms with Gasteiger partial charge < -0.3 is 19.7 Å². The van der Waals surface area contributed by atoms with E-state index in [1.165, 1.54) is 37.3 Å². The summed E-state index contributed by atoms with van der Waals surface area (Å²) in [5, 5.41) is 3.17. The van der Waals surface area contributed by atoms with Crippen LogP contribution in [0.15, 0.2) is 65.6 Å². The minimum Gasteiger partial charge on any atom is -0.493 e. The van der Waals surface area contributed by atoms with Gasteiger partial charge in [-0.2, -0.15) is 0 Å². The molecule has 11 heteroatoms. The Kier molecular flexibility index (Phi) is 10.6. The molecular formula is C30H36ClN3O6S. The maximum atomic E-state index is 14.2. The maximum Gasteiger partial charge on any atom is 0.264 e. The van der Waals surface area contributed by atoms with Gasteiger partial charge >= 0.3 is 0 Å². The van der Waals surface area contributed by atoms with E-state index in [1.807, 2.05) is 19.9 Å². The van der Waals surface area contributed by atoms with Crippen molar-refractivity contribution in [2.75, 3.05) is 31.6 Å². The third-order valence-electron chi connectivity index (χ3n) is 6.53. The normalized spacial score (nSPS) is 11.9. The van der Waals surface area contributed by atoms with Crippen LogP contribution in [-0.2, 0) is 26.2 Å². The van der Waals surface area contributed by atoms with E-state index in [2.05, 4.69) is 5.32 Å². The van der Waals surface area contributed by atoms with Crippen LogP contribution in [-0.4, -0.2) is 58.5 Å². The number of likely N-dealkylation sites (N-methyl/N-ethyl adjacent to an activating group) is 1. The van der Waals surface area contributed by atoms with Crippen LogP contribution in [0, 0.1) is 13.8 Å². The van der Waals surface area contributed by atoms with Gasteiger partial charge in [0, 0.05) is 24.2 Å². The molecule has 41 heavy (non-hydrogen) atoms. The van der Waals surface area contributed by atoms with Crippen LogP contribution in [0.2, 0.25) is 5.02 Å². The first-order chi connectivity index (χ1) is 19.4.